The molecule has 0 heteroatoms. The van der Waals surface area contributed by atoms with Crippen LogP contribution in [0.25, 0.3) is 5.57 Å². The number of hydrogen-bond acceptors (Lipinski definition) is 0. The Balaban J connectivity index is 2.19. The third-order valence-corrected chi connectivity index (χ3v) is 3.42. The van der Waals surface area contributed by atoms with Gasteiger partial charge in [-0.25, -0.2) is 0 Å². The van der Waals surface area contributed by atoms with Gasteiger partial charge in [-0.05, 0) is 41.9 Å². The standard InChI is InChI=1S/C16H20/c1-3-13(2)14-9-11-16(12-10-14)15-7-5-4-6-8-15/h5,7-13H,3-4,6H2,1-2H3. The number of allylic oxidation sites excluding steroid dienone is 4. The SMILES string of the molecule is CCC(C)c1ccc(C2=CCCC=C2)cc1. The fourth-order valence-corrected chi connectivity index (χ4v) is 2.07. The molecule has 0 bridgehead atoms. The maximum atomic E-state index is 2.33. The molecule has 0 aliphatic heterocycles. The first-order valence-electron chi connectivity index (χ1n) is 6.28. The zero-order chi connectivity index (χ0) is 11.4. The van der Waals surface area contributed by atoms with Gasteiger partial charge in [0, 0.05) is 0 Å². The molecule has 0 spiro atoms. The van der Waals surface area contributed by atoms with Crippen LogP contribution in [0.3, 0.4) is 0 Å². The molecule has 1 aromatic carbocycles. The normalized spacial score (nSPS) is 17.0. The van der Waals surface area contributed by atoms with Crippen LogP contribution in [0, 0.1) is 0 Å². The smallest absolute Gasteiger partial charge is 0.0187 e. The highest BCUT2D eigenvalue weighted by Gasteiger charge is 2.04. The lowest BCUT2D eigenvalue weighted by atomic mass is 9.94. The Bertz CT molecular complexity index is 393. The molecule has 0 heterocycles. The lowest BCUT2D eigenvalue weighted by molar-refractivity contribution is 0.733. The van der Waals surface area contributed by atoms with E-state index in [1.165, 1.54) is 36.0 Å². The molecule has 0 N–H and O–H groups in total. The Morgan fingerprint density at radius 1 is 1.12 bits per heavy atom. The summed E-state index contributed by atoms with van der Waals surface area (Å²) in [6.45, 7) is 4.53. The van der Waals surface area contributed by atoms with Gasteiger partial charge in [-0.2, -0.15) is 0 Å². The molecule has 16 heavy (non-hydrogen) atoms. The van der Waals surface area contributed by atoms with Gasteiger partial charge in [0.2, 0.25) is 0 Å². The third kappa shape index (κ3) is 2.44. The van der Waals surface area contributed by atoms with E-state index in [9.17, 15) is 0 Å². The van der Waals surface area contributed by atoms with E-state index in [1.54, 1.807) is 0 Å². The van der Waals surface area contributed by atoms with Crippen LogP contribution in [0.1, 0.15) is 50.2 Å². The first kappa shape index (κ1) is 11.2. The number of rotatable bonds is 3. The van der Waals surface area contributed by atoms with Crippen molar-refractivity contribution < 1.29 is 0 Å². The minimum Gasteiger partial charge on any atom is -0.0836 e. The van der Waals surface area contributed by atoms with Crippen molar-refractivity contribution in [1.82, 2.24) is 0 Å². The summed E-state index contributed by atoms with van der Waals surface area (Å²) in [7, 11) is 0. The molecule has 0 saturated heterocycles. The molecule has 0 aromatic heterocycles. The third-order valence-electron chi connectivity index (χ3n) is 3.42. The topological polar surface area (TPSA) is 0 Å². The van der Waals surface area contributed by atoms with Crippen molar-refractivity contribution in [2.45, 2.75) is 39.0 Å². The van der Waals surface area contributed by atoms with Crippen molar-refractivity contribution in [3.63, 3.8) is 0 Å². The summed E-state index contributed by atoms with van der Waals surface area (Å²) in [5.74, 6) is 0.671. The van der Waals surface area contributed by atoms with E-state index >= 15 is 0 Å². The van der Waals surface area contributed by atoms with Gasteiger partial charge in [-0.3, -0.25) is 0 Å². The summed E-state index contributed by atoms with van der Waals surface area (Å²) in [5.41, 5.74) is 4.18. The van der Waals surface area contributed by atoms with Gasteiger partial charge in [0.05, 0.1) is 0 Å². The molecule has 1 aliphatic carbocycles. The van der Waals surface area contributed by atoms with Crippen LogP contribution in [-0.2, 0) is 0 Å². The molecule has 0 saturated carbocycles. The molecule has 1 aromatic rings. The van der Waals surface area contributed by atoms with Gasteiger partial charge in [0.1, 0.15) is 0 Å². The molecule has 1 atom stereocenters. The maximum Gasteiger partial charge on any atom is -0.0187 e. The van der Waals surface area contributed by atoms with Crippen LogP contribution in [0.15, 0.2) is 42.5 Å². The molecular formula is C16H20. The van der Waals surface area contributed by atoms with E-state index in [4.69, 9.17) is 0 Å². The van der Waals surface area contributed by atoms with Gasteiger partial charge < -0.3 is 0 Å². The molecular weight excluding hydrogens is 192 g/mol. The summed E-state index contributed by atoms with van der Waals surface area (Å²) < 4.78 is 0. The van der Waals surface area contributed by atoms with Crippen molar-refractivity contribution in [3.8, 4) is 0 Å². The Morgan fingerprint density at radius 2 is 1.88 bits per heavy atom. The van der Waals surface area contributed by atoms with Crippen LogP contribution >= 0.6 is 0 Å². The second-order valence-electron chi connectivity index (χ2n) is 4.57. The van der Waals surface area contributed by atoms with Gasteiger partial charge in [0.25, 0.3) is 0 Å². The fraction of sp³-hybridized carbons (Fsp3) is 0.375. The van der Waals surface area contributed by atoms with Gasteiger partial charge in [-0.15, -0.1) is 0 Å². The summed E-state index contributed by atoms with van der Waals surface area (Å²) in [5, 5.41) is 0. The maximum absolute atomic E-state index is 2.33. The summed E-state index contributed by atoms with van der Waals surface area (Å²) >= 11 is 0. The Labute approximate surface area is 98.7 Å². The molecule has 0 fully saturated rings. The summed E-state index contributed by atoms with van der Waals surface area (Å²) in [4.78, 5) is 0. The highest BCUT2D eigenvalue weighted by atomic mass is 14.1. The van der Waals surface area contributed by atoms with Crippen LogP contribution in [0.5, 0.6) is 0 Å². The van der Waals surface area contributed by atoms with Crippen molar-refractivity contribution in [2.75, 3.05) is 0 Å². The zero-order valence-electron chi connectivity index (χ0n) is 10.2. The van der Waals surface area contributed by atoms with Crippen LogP contribution in [0.2, 0.25) is 0 Å². The van der Waals surface area contributed by atoms with Crippen LogP contribution in [-0.4, -0.2) is 0 Å². The quantitative estimate of drug-likeness (QED) is 0.666. The molecule has 84 valence electrons. The van der Waals surface area contributed by atoms with E-state index in [-0.39, 0.29) is 0 Å². The van der Waals surface area contributed by atoms with Gasteiger partial charge in [0.15, 0.2) is 0 Å². The minimum atomic E-state index is 0.671. The first-order valence-corrected chi connectivity index (χ1v) is 6.28. The van der Waals surface area contributed by atoms with Crippen LogP contribution < -0.4 is 0 Å². The Kier molecular flexibility index (Phi) is 3.61. The minimum absolute atomic E-state index is 0.671. The highest BCUT2D eigenvalue weighted by Crippen LogP contribution is 2.24. The summed E-state index contributed by atoms with van der Waals surface area (Å²) in [6.07, 6.45) is 10.4. The second-order valence-corrected chi connectivity index (χ2v) is 4.57. The van der Waals surface area contributed by atoms with E-state index in [2.05, 4.69) is 56.3 Å². The molecule has 1 aliphatic rings. The van der Waals surface area contributed by atoms with Crippen molar-refractivity contribution in [2.24, 2.45) is 0 Å². The summed E-state index contributed by atoms with van der Waals surface area (Å²) in [6, 6.07) is 9.05. The van der Waals surface area contributed by atoms with Gasteiger partial charge >= 0.3 is 0 Å². The lowest BCUT2D eigenvalue weighted by Gasteiger charge is -2.11. The van der Waals surface area contributed by atoms with Gasteiger partial charge in [-0.1, -0.05) is 56.3 Å². The van der Waals surface area contributed by atoms with E-state index in [0.717, 1.165) is 0 Å². The van der Waals surface area contributed by atoms with E-state index in [0.29, 0.717) is 5.92 Å². The van der Waals surface area contributed by atoms with Crippen LogP contribution in [0.4, 0.5) is 0 Å². The largest absolute Gasteiger partial charge is 0.0836 e. The predicted molar refractivity (Wildman–Crippen MR) is 71.5 cm³/mol. The van der Waals surface area contributed by atoms with Crippen molar-refractivity contribution in [1.29, 1.82) is 0 Å². The average Bonchev–Trinajstić information content (AvgIpc) is 2.39. The average molecular weight is 212 g/mol. The van der Waals surface area contributed by atoms with E-state index < -0.39 is 0 Å². The molecule has 2 rings (SSSR count). The highest BCUT2D eigenvalue weighted by molar-refractivity contribution is 5.74. The molecule has 0 radical (unpaired) electrons. The molecule has 0 nitrogen and oxygen atoms in total. The Morgan fingerprint density at radius 3 is 2.44 bits per heavy atom. The van der Waals surface area contributed by atoms with E-state index in [1.807, 2.05) is 0 Å². The lowest BCUT2D eigenvalue weighted by Crippen LogP contribution is -1.92. The fourth-order valence-electron chi connectivity index (χ4n) is 2.07. The second kappa shape index (κ2) is 5.16. The first-order chi connectivity index (χ1) is 7.81. The predicted octanol–water partition coefficient (Wildman–Crippen LogP) is 4.93. The zero-order valence-corrected chi connectivity index (χ0v) is 10.2. The number of hydrogen-bond donors (Lipinski definition) is 0. The van der Waals surface area contributed by atoms with Crippen molar-refractivity contribution in [3.05, 3.63) is 53.6 Å². The number of benzene rings is 1. The monoisotopic (exact) mass is 212 g/mol. The molecule has 1 unspecified atom stereocenters. The van der Waals surface area contributed by atoms with Crippen molar-refractivity contribution >= 4 is 5.57 Å². The Hall–Kier alpha value is -1.30. The molecule has 0 amide bonds.